The summed E-state index contributed by atoms with van der Waals surface area (Å²) in [5.74, 6) is 1.42. The number of anilines is 1. The molecule has 4 N–H and O–H groups in total. The topological polar surface area (TPSA) is 161 Å². The summed E-state index contributed by atoms with van der Waals surface area (Å²) in [6, 6.07) is 27.7. The Balaban J connectivity index is 0.856. The lowest BCUT2D eigenvalue weighted by molar-refractivity contribution is -0.142. The molecule has 4 atom stereocenters. The smallest absolute Gasteiger partial charge is 0.320 e. The van der Waals surface area contributed by atoms with E-state index in [4.69, 9.17) is 14.7 Å². The van der Waals surface area contributed by atoms with Crippen molar-refractivity contribution >= 4 is 23.5 Å². The molecule has 58 heavy (non-hydrogen) atoms. The van der Waals surface area contributed by atoms with Gasteiger partial charge in [-0.25, -0.2) is 14.8 Å². The number of hydrogen-bond acceptors (Lipinski definition) is 7. The van der Waals surface area contributed by atoms with Gasteiger partial charge in [-0.1, -0.05) is 78.9 Å². The van der Waals surface area contributed by atoms with Gasteiger partial charge in [0.1, 0.15) is 23.8 Å². The average molecular weight is 776 g/mol. The Hall–Kier alpha value is -6.60. The summed E-state index contributed by atoms with van der Waals surface area (Å²) in [4.78, 5) is 64.7. The number of carbonyl (C=O) groups excluding carboxylic acids is 3. The molecule has 6 aromatic rings. The maximum absolute atomic E-state index is 14.2. The molecule has 294 valence electrons. The molecule has 0 radical (unpaired) electrons. The lowest BCUT2D eigenvalue weighted by Crippen LogP contribution is -2.44. The van der Waals surface area contributed by atoms with Gasteiger partial charge in [-0.15, -0.1) is 0 Å². The third kappa shape index (κ3) is 7.72. The molecule has 13 nitrogen and oxygen atoms in total. The minimum absolute atomic E-state index is 0.0542. The molecule has 6 heterocycles. The second-order valence-corrected chi connectivity index (χ2v) is 15.1. The van der Waals surface area contributed by atoms with E-state index >= 15 is 0 Å². The van der Waals surface area contributed by atoms with Crippen molar-refractivity contribution < 1.29 is 19.1 Å². The number of aromatic amines is 2. The monoisotopic (exact) mass is 775 g/mol. The van der Waals surface area contributed by atoms with Crippen molar-refractivity contribution in [2.75, 3.05) is 25.0 Å². The van der Waals surface area contributed by atoms with Gasteiger partial charge in [0.25, 0.3) is 5.91 Å². The number of likely N-dealkylation sites (tertiary alicyclic amines) is 2. The molecule has 9 rings (SSSR count). The van der Waals surface area contributed by atoms with E-state index in [0.717, 1.165) is 84.5 Å². The first-order valence-corrected chi connectivity index (χ1v) is 20.0. The van der Waals surface area contributed by atoms with Crippen molar-refractivity contribution in [2.45, 2.75) is 62.8 Å². The SMILES string of the molecule is O=C(Nc1cccnc1)N[C@@H](C(=O)N1CCC[C@H]1c1ncc(-c2ccc(-c3ccc(-c4c[nH]c([C@@H]5CCCN5C(=O)[C@H]5CCCO5)n4)cc3)cc2)[nH]1)c1ccccc1. The summed E-state index contributed by atoms with van der Waals surface area (Å²) < 4.78 is 5.68. The zero-order valence-corrected chi connectivity index (χ0v) is 32.0. The number of pyridine rings is 1. The van der Waals surface area contributed by atoms with Crippen LogP contribution in [-0.2, 0) is 14.3 Å². The fraction of sp³-hybridized carbons (Fsp3) is 0.289. The van der Waals surface area contributed by atoms with E-state index in [1.165, 1.54) is 0 Å². The van der Waals surface area contributed by atoms with Gasteiger partial charge in [-0.2, -0.15) is 0 Å². The van der Waals surface area contributed by atoms with Crippen molar-refractivity contribution in [3.8, 4) is 33.6 Å². The number of ether oxygens (including phenoxy) is 1. The number of aromatic nitrogens is 5. The summed E-state index contributed by atoms with van der Waals surface area (Å²) in [6.07, 6.45) is 11.7. The molecule has 3 aliphatic rings. The third-order valence-electron chi connectivity index (χ3n) is 11.4. The number of H-pyrrole nitrogens is 2. The van der Waals surface area contributed by atoms with Gasteiger partial charge in [-0.3, -0.25) is 14.6 Å². The highest BCUT2D eigenvalue weighted by Crippen LogP contribution is 2.36. The van der Waals surface area contributed by atoms with E-state index in [0.29, 0.717) is 30.2 Å². The van der Waals surface area contributed by atoms with Gasteiger partial charge in [0.2, 0.25) is 5.91 Å². The number of nitrogens with one attached hydrogen (secondary N) is 4. The van der Waals surface area contributed by atoms with Crippen molar-refractivity contribution in [3.63, 3.8) is 0 Å². The van der Waals surface area contributed by atoms with Crippen LogP contribution in [0.5, 0.6) is 0 Å². The second-order valence-electron chi connectivity index (χ2n) is 15.1. The van der Waals surface area contributed by atoms with Gasteiger partial charge in [0, 0.05) is 37.7 Å². The molecule has 3 fully saturated rings. The Bertz CT molecular complexity index is 2360. The van der Waals surface area contributed by atoms with Crippen molar-refractivity contribution in [3.05, 3.63) is 133 Å². The number of imidazole rings is 2. The van der Waals surface area contributed by atoms with Crippen LogP contribution in [0.3, 0.4) is 0 Å². The van der Waals surface area contributed by atoms with Gasteiger partial charge in [0.05, 0.1) is 41.6 Å². The van der Waals surface area contributed by atoms with Gasteiger partial charge in [-0.05, 0) is 72.9 Å². The highest BCUT2D eigenvalue weighted by molar-refractivity contribution is 5.94. The summed E-state index contributed by atoms with van der Waals surface area (Å²) >= 11 is 0. The zero-order chi connectivity index (χ0) is 39.4. The minimum atomic E-state index is -0.886. The number of urea groups is 1. The minimum Gasteiger partial charge on any atom is -0.368 e. The first kappa shape index (κ1) is 37.0. The summed E-state index contributed by atoms with van der Waals surface area (Å²) in [5, 5.41) is 5.67. The maximum atomic E-state index is 14.2. The first-order valence-electron chi connectivity index (χ1n) is 20.0. The van der Waals surface area contributed by atoms with Gasteiger partial charge in [0.15, 0.2) is 0 Å². The molecule has 0 saturated carbocycles. The van der Waals surface area contributed by atoms with E-state index in [9.17, 15) is 14.4 Å². The largest absolute Gasteiger partial charge is 0.368 e. The maximum Gasteiger partial charge on any atom is 0.320 e. The highest BCUT2D eigenvalue weighted by Gasteiger charge is 2.38. The zero-order valence-electron chi connectivity index (χ0n) is 32.0. The van der Waals surface area contributed by atoms with Gasteiger partial charge < -0.3 is 35.1 Å². The second kappa shape index (κ2) is 16.5. The number of hydrogen-bond donors (Lipinski definition) is 4. The van der Waals surface area contributed by atoms with Crippen LogP contribution in [0.2, 0.25) is 0 Å². The highest BCUT2D eigenvalue weighted by atomic mass is 16.5. The predicted molar refractivity (Wildman–Crippen MR) is 219 cm³/mol. The molecule has 0 bridgehead atoms. The molecular formula is C45H45N9O4. The summed E-state index contributed by atoms with van der Waals surface area (Å²) in [7, 11) is 0. The van der Waals surface area contributed by atoms with Crippen LogP contribution < -0.4 is 10.6 Å². The van der Waals surface area contributed by atoms with Crippen LogP contribution in [0.4, 0.5) is 10.5 Å². The number of rotatable bonds is 10. The average Bonchev–Trinajstić information content (AvgIpc) is 4.13. The van der Waals surface area contributed by atoms with E-state index in [-0.39, 0.29) is 30.0 Å². The molecule has 0 unspecified atom stereocenters. The van der Waals surface area contributed by atoms with Crippen LogP contribution >= 0.6 is 0 Å². The Kier molecular flexibility index (Phi) is 10.5. The Morgan fingerprint density at radius 3 is 2.16 bits per heavy atom. The standard InChI is InChI=1S/C45H45N9O4/c55-43(39-13-7-25-58-39)53-23-5-11-37(53)41-47-27-35(50-41)31-18-14-29(15-19-31)30-16-20-32(21-17-30)36-28-48-42(51-36)38-12-6-24-54(38)44(56)40(33-8-2-1-3-9-33)52-45(57)49-34-10-4-22-46-26-34/h1-4,8-10,14-22,26-28,37-40H,5-7,11-13,23-25H2,(H,47,50)(H,48,51)(H2,49,52,57)/t37-,38-,39+,40+/m0/s1. The van der Waals surface area contributed by atoms with E-state index in [1.54, 1.807) is 24.5 Å². The van der Waals surface area contributed by atoms with E-state index in [2.05, 4.69) is 74.1 Å². The van der Waals surface area contributed by atoms with E-state index in [1.807, 2.05) is 52.5 Å². The Morgan fingerprint density at radius 2 is 1.45 bits per heavy atom. The van der Waals surface area contributed by atoms with Crippen LogP contribution in [0.15, 0.2) is 116 Å². The number of carbonyl (C=O) groups is 3. The summed E-state index contributed by atoms with van der Waals surface area (Å²) in [6.45, 7) is 1.95. The molecule has 0 spiro atoms. The molecule has 3 aromatic carbocycles. The van der Waals surface area contributed by atoms with Crippen molar-refractivity contribution in [1.82, 2.24) is 40.0 Å². The Labute approximate surface area is 336 Å². The van der Waals surface area contributed by atoms with Crippen molar-refractivity contribution in [2.24, 2.45) is 0 Å². The molecule has 3 saturated heterocycles. The van der Waals surface area contributed by atoms with Crippen LogP contribution in [0.25, 0.3) is 33.6 Å². The third-order valence-corrected chi connectivity index (χ3v) is 11.4. The Morgan fingerprint density at radius 1 is 0.741 bits per heavy atom. The number of benzene rings is 3. The molecule has 3 aliphatic heterocycles. The fourth-order valence-electron chi connectivity index (χ4n) is 8.40. The van der Waals surface area contributed by atoms with Crippen LogP contribution in [0.1, 0.15) is 73.9 Å². The van der Waals surface area contributed by atoms with E-state index < -0.39 is 12.1 Å². The molecule has 4 amide bonds. The lowest BCUT2D eigenvalue weighted by Gasteiger charge is -2.28. The first-order chi connectivity index (χ1) is 28.5. The molecular weight excluding hydrogens is 731 g/mol. The normalized spacial score (nSPS) is 19.6. The quantitative estimate of drug-likeness (QED) is 0.111. The van der Waals surface area contributed by atoms with Crippen LogP contribution in [-0.4, -0.2) is 78.4 Å². The lowest BCUT2D eigenvalue weighted by atomic mass is 10.0. The number of nitrogens with zero attached hydrogens (tertiary/aromatic N) is 5. The molecule has 0 aliphatic carbocycles. The number of amides is 4. The summed E-state index contributed by atoms with van der Waals surface area (Å²) in [5.41, 5.74) is 7.07. The molecule has 3 aromatic heterocycles. The fourth-order valence-corrected chi connectivity index (χ4v) is 8.40. The molecule has 13 heteroatoms. The van der Waals surface area contributed by atoms with Gasteiger partial charge >= 0.3 is 6.03 Å². The van der Waals surface area contributed by atoms with Crippen molar-refractivity contribution in [1.29, 1.82) is 0 Å². The predicted octanol–water partition coefficient (Wildman–Crippen LogP) is 7.60. The van der Waals surface area contributed by atoms with Crippen LogP contribution in [0, 0.1) is 0 Å².